The zero-order valence-electron chi connectivity index (χ0n) is 17.6. The maximum atomic E-state index is 13.6. The van der Waals surface area contributed by atoms with Gasteiger partial charge in [-0.1, -0.05) is 6.07 Å². The average molecular weight is 456 g/mol. The van der Waals surface area contributed by atoms with Crippen molar-refractivity contribution in [1.29, 1.82) is 0 Å². The van der Waals surface area contributed by atoms with Gasteiger partial charge in [0.15, 0.2) is 0 Å². The first kappa shape index (κ1) is 18.2. The van der Waals surface area contributed by atoms with Crippen LogP contribution in [-0.2, 0) is 7.05 Å². The molecule has 0 aliphatic carbocycles. The lowest BCUT2D eigenvalue weighted by molar-refractivity contribution is 1.01. The molecule has 0 fully saturated rings. The Balaban J connectivity index is 1.84. The van der Waals surface area contributed by atoms with Crippen LogP contribution in [0.4, 0.5) is 0 Å². The largest absolute Gasteiger partial charge is 0.341 e. The molecule has 0 saturated carbocycles. The molecule has 7 heteroatoms. The van der Waals surface area contributed by atoms with Crippen molar-refractivity contribution >= 4 is 75.9 Å². The second kappa shape index (κ2) is 5.88. The number of nitrogens with zero attached hydrogens (tertiary/aromatic N) is 3. The molecule has 0 spiro atoms. The van der Waals surface area contributed by atoms with Crippen molar-refractivity contribution in [2.75, 3.05) is 0 Å². The van der Waals surface area contributed by atoms with E-state index in [-0.39, 0.29) is 11.1 Å². The number of aryl methyl sites for hydroxylation is 3. The fourth-order valence-corrected chi connectivity index (χ4v) is 7.00. The zero-order chi connectivity index (χ0) is 21.9. The number of rotatable bonds is 0. The van der Waals surface area contributed by atoms with Gasteiger partial charge in [-0.05, 0) is 50.2 Å². The van der Waals surface area contributed by atoms with E-state index in [1.807, 2.05) is 11.4 Å². The van der Waals surface area contributed by atoms with E-state index >= 15 is 0 Å². The molecule has 0 amide bonds. The van der Waals surface area contributed by atoms with Crippen molar-refractivity contribution < 1.29 is 0 Å². The summed E-state index contributed by atoms with van der Waals surface area (Å²) in [5, 5.41) is 1.52. The van der Waals surface area contributed by atoms with Crippen LogP contribution in [0, 0.1) is 13.8 Å². The highest BCUT2D eigenvalue weighted by atomic mass is 32.1. The van der Waals surface area contributed by atoms with E-state index in [1.54, 1.807) is 45.3 Å². The number of hydrogen-bond donors (Lipinski definition) is 0. The van der Waals surface area contributed by atoms with Crippen LogP contribution in [0.2, 0.25) is 0 Å². The number of pyridine rings is 1. The Morgan fingerprint density at radius 2 is 1.34 bits per heavy atom. The van der Waals surface area contributed by atoms with Crippen molar-refractivity contribution in [1.82, 2.24) is 13.4 Å². The van der Waals surface area contributed by atoms with Gasteiger partial charge < -0.3 is 4.57 Å². The summed E-state index contributed by atoms with van der Waals surface area (Å²) in [6, 6.07) is 15.4. The van der Waals surface area contributed by atoms with Crippen LogP contribution < -0.4 is 11.1 Å². The van der Waals surface area contributed by atoms with Crippen LogP contribution >= 0.6 is 22.7 Å². The monoisotopic (exact) mass is 455 g/mol. The summed E-state index contributed by atoms with van der Waals surface area (Å²) in [5.41, 5.74) is 5.38. The second-order valence-electron chi connectivity index (χ2n) is 8.38. The molecule has 0 aliphatic heterocycles. The molecule has 0 radical (unpaired) electrons. The third kappa shape index (κ3) is 2.12. The predicted molar refractivity (Wildman–Crippen MR) is 135 cm³/mol. The molecule has 0 N–H and O–H groups in total. The lowest BCUT2D eigenvalue weighted by atomic mass is 10.2. The summed E-state index contributed by atoms with van der Waals surface area (Å²) < 4.78 is 7.93. The molecule has 7 aromatic heterocycles. The maximum absolute atomic E-state index is 13.6. The topological polar surface area (TPSA) is 47.9 Å². The first-order valence-corrected chi connectivity index (χ1v) is 12.0. The van der Waals surface area contributed by atoms with Crippen LogP contribution in [0.25, 0.3) is 53.3 Å². The number of thiophene rings is 2. The lowest BCUT2D eigenvalue weighted by Crippen LogP contribution is -2.12. The Kier molecular flexibility index (Phi) is 3.34. The van der Waals surface area contributed by atoms with E-state index < -0.39 is 0 Å². The average Bonchev–Trinajstić information content (AvgIpc) is 3.49. The minimum atomic E-state index is -0.114. The molecule has 0 atom stereocenters. The molecular weight excluding hydrogens is 438 g/mol. The standard InChI is InChI=1S/C25H17N3O2S2/c1-12-7-18-21(31-12)10-17-16-9-15-14(5-4-6-23(29)27(17)18)25(30)28-19-8-13(2)32-22(19)11-20(28)24(15)26(16)3/h4-11H,1-3H3. The summed E-state index contributed by atoms with van der Waals surface area (Å²) in [6.07, 6.45) is 0. The minimum Gasteiger partial charge on any atom is -0.341 e. The maximum Gasteiger partial charge on any atom is 0.263 e. The molecule has 7 aromatic rings. The molecule has 156 valence electrons. The van der Waals surface area contributed by atoms with E-state index in [0.29, 0.717) is 5.39 Å². The fourth-order valence-electron chi connectivity index (χ4n) is 5.11. The van der Waals surface area contributed by atoms with Gasteiger partial charge in [-0.3, -0.25) is 18.4 Å². The van der Waals surface area contributed by atoms with Gasteiger partial charge in [0.2, 0.25) is 0 Å². The van der Waals surface area contributed by atoms with Crippen LogP contribution in [-0.4, -0.2) is 13.4 Å². The highest BCUT2D eigenvalue weighted by molar-refractivity contribution is 7.19. The van der Waals surface area contributed by atoms with E-state index in [1.165, 1.54) is 9.75 Å². The Bertz CT molecular complexity index is 2050. The Morgan fingerprint density at radius 1 is 0.688 bits per heavy atom. The van der Waals surface area contributed by atoms with Crippen molar-refractivity contribution in [3.63, 3.8) is 0 Å². The van der Waals surface area contributed by atoms with Crippen LogP contribution in [0.3, 0.4) is 0 Å². The van der Waals surface area contributed by atoms with E-state index in [2.05, 4.69) is 48.7 Å². The number of hydrogen-bond acceptors (Lipinski definition) is 4. The summed E-state index contributed by atoms with van der Waals surface area (Å²) in [4.78, 5) is 29.2. The molecular formula is C25H17N3O2S2. The van der Waals surface area contributed by atoms with Crippen molar-refractivity contribution in [3.8, 4) is 0 Å². The fraction of sp³-hybridized carbons (Fsp3) is 0.120. The van der Waals surface area contributed by atoms with Gasteiger partial charge in [-0.15, -0.1) is 22.7 Å². The molecule has 0 saturated heterocycles. The van der Waals surface area contributed by atoms with Crippen molar-refractivity contribution in [3.05, 3.63) is 79.0 Å². The zero-order valence-corrected chi connectivity index (χ0v) is 19.2. The lowest BCUT2D eigenvalue weighted by Gasteiger charge is -2.03. The van der Waals surface area contributed by atoms with Crippen LogP contribution in [0.1, 0.15) is 9.75 Å². The predicted octanol–water partition coefficient (Wildman–Crippen LogP) is 5.60. The van der Waals surface area contributed by atoms with Gasteiger partial charge in [-0.25, -0.2) is 0 Å². The van der Waals surface area contributed by atoms with E-state index in [4.69, 9.17) is 0 Å². The van der Waals surface area contributed by atoms with Crippen LogP contribution in [0.15, 0.2) is 58.1 Å². The Labute approximate surface area is 189 Å². The molecule has 0 aromatic carbocycles. The molecule has 0 aliphatic rings. The molecule has 0 unspecified atom stereocenters. The number of fused-ring (bicyclic) bond motifs is 9. The van der Waals surface area contributed by atoms with Gasteiger partial charge in [0.1, 0.15) is 0 Å². The molecule has 2 bridgehead atoms. The minimum absolute atomic E-state index is 0.0536. The van der Waals surface area contributed by atoms with Gasteiger partial charge in [0.25, 0.3) is 11.1 Å². The Morgan fingerprint density at radius 3 is 2.06 bits per heavy atom. The quantitative estimate of drug-likeness (QED) is 0.299. The second-order valence-corrected chi connectivity index (χ2v) is 11.0. The van der Waals surface area contributed by atoms with Crippen molar-refractivity contribution in [2.45, 2.75) is 13.8 Å². The first-order chi connectivity index (χ1) is 15.4. The molecule has 32 heavy (non-hydrogen) atoms. The molecule has 7 heterocycles. The number of aromatic nitrogens is 3. The van der Waals surface area contributed by atoms with Gasteiger partial charge in [0.05, 0.1) is 42.5 Å². The normalized spacial score (nSPS) is 12.5. The summed E-state index contributed by atoms with van der Waals surface area (Å²) in [5.74, 6) is 0. The third-order valence-corrected chi connectivity index (χ3v) is 8.38. The van der Waals surface area contributed by atoms with Crippen molar-refractivity contribution in [2.24, 2.45) is 7.05 Å². The summed E-state index contributed by atoms with van der Waals surface area (Å²) in [6.45, 7) is 4.12. The third-order valence-electron chi connectivity index (χ3n) is 6.41. The van der Waals surface area contributed by atoms with Crippen LogP contribution in [0.5, 0.6) is 0 Å². The summed E-state index contributed by atoms with van der Waals surface area (Å²) >= 11 is 3.39. The van der Waals surface area contributed by atoms with Gasteiger partial charge in [0, 0.05) is 33.6 Å². The van der Waals surface area contributed by atoms with E-state index in [9.17, 15) is 9.59 Å². The highest BCUT2D eigenvalue weighted by Crippen LogP contribution is 2.35. The van der Waals surface area contributed by atoms with Gasteiger partial charge >= 0.3 is 0 Å². The highest BCUT2D eigenvalue weighted by Gasteiger charge is 2.19. The summed E-state index contributed by atoms with van der Waals surface area (Å²) in [7, 11) is 2.02. The Hall–Kier alpha value is -3.42. The van der Waals surface area contributed by atoms with Gasteiger partial charge in [-0.2, -0.15) is 0 Å². The SMILES string of the molecule is Cc1cc2c(cc3c4cc5c(cccc(=O)n23)c(=O)n2c3cc(C)sc3cc2c5n4C)s1. The molecule has 7 rings (SSSR count). The molecule has 5 nitrogen and oxygen atoms in total. The smallest absolute Gasteiger partial charge is 0.263 e. The first-order valence-electron chi connectivity index (χ1n) is 10.3. The van der Waals surface area contributed by atoms with E-state index in [0.717, 1.165) is 47.9 Å².